The summed E-state index contributed by atoms with van der Waals surface area (Å²) in [6.07, 6.45) is -0.648. The molecule has 0 aliphatic rings. The van der Waals surface area contributed by atoms with Gasteiger partial charge in [0.2, 0.25) is 0 Å². The van der Waals surface area contributed by atoms with E-state index in [4.69, 9.17) is 12.2 Å². The number of rotatable bonds is 3. The van der Waals surface area contributed by atoms with Gasteiger partial charge in [-0.15, -0.1) is 0 Å². The van der Waals surface area contributed by atoms with E-state index in [0.29, 0.717) is 21.2 Å². The van der Waals surface area contributed by atoms with Crippen molar-refractivity contribution in [3.05, 3.63) is 38.9 Å². The zero-order valence-corrected chi connectivity index (χ0v) is 14.5. The molecule has 0 aliphatic heterocycles. The van der Waals surface area contributed by atoms with Crippen LogP contribution in [0, 0.1) is 10.2 Å². The fraction of sp³-hybridized carbons (Fsp3) is 0.438. The lowest BCUT2D eigenvalue weighted by Gasteiger charge is -2.25. The summed E-state index contributed by atoms with van der Waals surface area (Å²) < 4.78 is 1.64. The molecule has 1 atom stereocenters. The van der Waals surface area contributed by atoms with Crippen LogP contribution in [0.4, 0.5) is 0 Å². The topological polar surface area (TPSA) is 87.1 Å². The lowest BCUT2D eigenvalue weighted by molar-refractivity contribution is 0.0587. The summed E-state index contributed by atoms with van der Waals surface area (Å²) in [6.45, 7) is 5.86. The SMILES string of the molecule is Cn1c(=S)[nH]c2cc(C(=O)NC[C@@H](O)C(C)(C)C)ccc2c1=O. The number of nitrogens with zero attached hydrogens (tertiary/aromatic N) is 1. The number of carbonyl (C=O) groups excluding carboxylic acids is 1. The first kappa shape index (κ1) is 17.4. The average Bonchev–Trinajstić information content (AvgIpc) is 2.48. The minimum atomic E-state index is -0.648. The van der Waals surface area contributed by atoms with Crippen LogP contribution in [-0.2, 0) is 7.05 Å². The van der Waals surface area contributed by atoms with Crippen molar-refractivity contribution in [1.29, 1.82) is 0 Å². The molecule has 0 fully saturated rings. The monoisotopic (exact) mass is 335 g/mol. The molecule has 0 aliphatic carbocycles. The van der Waals surface area contributed by atoms with Gasteiger partial charge in [-0.2, -0.15) is 0 Å². The normalized spacial score (nSPS) is 13.1. The van der Waals surface area contributed by atoms with Gasteiger partial charge in [0.1, 0.15) is 0 Å². The van der Waals surface area contributed by atoms with Crippen molar-refractivity contribution in [2.45, 2.75) is 26.9 Å². The van der Waals surface area contributed by atoms with Crippen LogP contribution >= 0.6 is 12.2 Å². The van der Waals surface area contributed by atoms with Crippen LogP contribution in [0.3, 0.4) is 0 Å². The van der Waals surface area contributed by atoms with E-state index in [0.717, 1.165) is 0 Å². The maximum Gasteiger partial charge on any atom is 0.261 e. The third-order valence-corrected chi connectivity index (χ3v) is 4.19. The Labute approximate surface area is 139 Å². The summed E-state index contributed by atoms with van der Waals surface area (Å²) in [7, 11) is 1.59. The van der Waals surface area contributed by atoms with Gasteiger partial charge in [-0.05, 0) is 35.8 Å². The Kier molecular flexibility index (Phi) is 4.72. The first-order valence-corrected chi connectivity index (χ1v) is 7.71. The van der Waals surface area contributed by atoms with Gasteiger partial charge >= 0.3 is 0 Å². The molecule has 0 saturated carbocycles. The van der Waals surface area contributed by atoms with Gasteiger partial charge in [0.15, 0.2) is 4.77 Å². The van der Waals surface area contributed by atoms with Gasteiger partial charge in [-0.1, -0.05) is 20.8 Å². The van der Waals surface area contributed by atoms with Crippen molar-refractivity contribution in [3.63, 3.8) is 0 Å². The highest BCUT2D eigenvalue weighted by atomic mass is 32.1. The van der Waals surface area contributed by atoms with Crippen molar-refractivity contribution in [3.8, 4) is 0 Å². The Hall–Kier alpha value is -1.99. The number of aromatic amines is 1. The van der Waals surface area contributed by atoms with E-state index in [1.54, 1.807) is 25.2 Å². The Bertz CT molecular complexity index is 861. The summed E-state index contributed by atoms with van der Waals surface area (Å²) in [6, 6.07) is 4.77. The number of carbonyl (C=O) groups is 1. The van der Waals surface area contributed by atoms with E-state index in [1.165, 1.54) is 4.57 Å². The first-order chi connectivity index (χ1) is 10.6. The van der Waals surface area contributed by atoms with Crippen molar-refractivity contribution >= 4 is 29.0 Å². The predicted octanol–water partition coefficient (Wildman–Crippen LogP) is 1.73. The standard InChI is InChI=1S/C16H21N3O3S/c1-16(2,3)12(20)8-17-13(21)9-5-6-10-11(7-9)18-15(23)19(4)14(10)22/h5-7,12,20H,8H2,1-4H3,(H,17,21)(H,18,23)/t12-/m1/s1. The number of hydrogen-bond acceptors (Lipinski definition) is 4. The molecule has 1 amide bonds. The van der Waals surface area contributed by atoms with Gasteiger partial charge in [0.05, 0.1) is 17.0 Å². The molecule has 0 bridgehead atoms. The van der Waals surface area contributed by atoms with E-state index in [1.807, 2.05) is 20.8 Å². The Morgan fingerprint density at radius 2 is 2.09 bits per heavy atom. The number of amides is 1. The van der Waals surface area contributed by atoms with E-state index < -0.39 is 6.10 Å². The number of H-pyrrole nitrogens is 1. The molecule has 7 heteroatoms. The predicted molar refractivity (Wildman–Crippen MR) is 92.2 cm³/mol. The minimum Gasteiger partial charge on any atom is -0.391 e. The number of benzene rings is 1. The summed E-state index contributed by atoms with van der Waals surface area (Å²) in [5, 5.41) is 13.1. The van der Waals surface area contributed by atoms with Gasteiger partial charge in [-0.25, -0.2) is 0 Å². The molecule has 2 aromatic rings. The molecule has 1 aromatic carbocycles. The molecule has 6 nitrogen and oxygen atoms in total. The third kappa shape index (κ3) is 3.68. The number of aliphatic hydroxyl groups excluding tert-OH is 1. The Balaban J connectivity index is 2.27. The molecular weight excluding hydrogens is 314 g/mol. The molecule has 23 heavy (non-hydrogen) atoms. The lowest BCUT2D eigenvalue weighted by atomic mass is 9.89. The molecule has 0 spiro atoms. The zero-order valence-electron chi connectivity index (χ0n) is 13.6. The van der Waals surface area contributed by atoms with Gasteiger partial charge in [0.25, 0.3) is 11.5 Å². The van der Waals surface area contributed by atoms with Crippen LogP contribution < -0.4 is 10.9 Å². The van der Waals surface area contributed by atoms with Crippen molar-refractivity contribution in [2.75, 3.05) is 6.54 Å². The quantitative estimate of drug-likeness (QED) is 0.746. The molecule has 2 rings (SSSR count). The van der Waals surface area contributed by atoms with E-state index in [9.17, 15) is 14.7 Å². The summed E-state index contributed by atoms with van der Waals surface area (Å²) in [5.41, 5.74) is 0.395. The minimum absolute atomic E-state index is 0.160. The average molecular weight is 335 g/mol. The van der Waals surface area contributed by atoms with Gasteiger partial charge in [-0.3, -0.25) is 14.2 Å². The summed E-state index contributed by atoms with van der Waals surface area (Å²) >= 11 is 5.08. The fourth-order valence-corrected chi connectivity index (χ4v) is 2.24. The van der Waals surface area contributed by atoms with Gasteiger partial charge < -0.3 is 15.4 Å². The van der Waals surface area contributed by atoms with E-state index in [-0.39, 0.29) is 23.4 Å². The number of hydrogen-bond donors (Lipinski definition) is 3. The molecule has 3 N–H and O–H groups in total. The molecular formula is C16H21N3O3S. The van der Waals surface area contributed by atoms with Gasteiger partial charge in [0, 0.05) is 19.2 Å². The highest BCUT2D eigenvalue weighted by Gasteiger charge is 2.22. The number of aliphatic hydroxyl groups is 1. The van der Waals surface area contributed by atoms with Crippen LogP contribution in [0.2, 0.25) is 0 Å². The first-order valence-electron chi connectivity index (χ1n) is 7.30. The maximum absolute atomic E-state index is 12.2. The van der Waals surface area contributed by atoms with Crippen LogP contribution in [-0.4, -0.2) is 33.2 Å². The lowest BCUT2D eigenvalue weighted by Crippen LogP contribution is -2.39. The molecule has 0 saturated heterocycles. The van der Waals surface area contributed by atoms with E-state index in [2.05, 4.69) is 10.3 Å². The molecule has 1 aromatic heterocycles. The van der Waals surface area contributed by atoms with E-state index >= 15 is 0 Å². The second-order valence-corrected chi connectivity index (χ2v) is 7.03. The van der Waals surface area contributed by atoms with Crippen LogP contribution in [0.15, 0.2) is 23.0 Å². The highest BCUT2D eigenvalue weighted by molar-refractivity contribution is 7.71. The second kappa shape index (κ2) is 6.25. The van der Waals surface area contributed by atoms with Crippen LogP contribution in [0.25, 0.3) is 10.9 Å². The second-order valence-electron chi connectivity index (χ2n) is 6.65. The summed E-state index contributed by atoms with van der Waals surface area (Å²) in [4.78, 5) is 27.2. The fourth-order valence-electron chi connectivity index (χ4n) is 2.04. The van der Waals surface area contributed by atoms with Crippen molar-refractivity contribution < 1.29 is 9.90 Å². The molecule has 0 unspecified atom stereocenters. The highest BCUT2D eigenvalue weighted by Crippen LogP contribution is 2.18. The Morgan fingerprint density at radius 3 is 2.70 bits per heavy atom. The number of nitrogens with one attached hydrogen (secondary N) is 2. The zero-order chi connectivity index (χ0) is 17.4. The van der Waals surface area contributed by atoms with Crippen molar-refractivity contribution in [2.24, 2.45) is 12.5 Å². The smallest absolute Gasteiger partial charge is 0.261 e. The van der Waals surface area contributed by atoms with Crippen molar-refractivity contribution in [1.82, 2.24) is 14.9 Å². The largest absolute Gasteiger partial charge is 0.391 e. The maximum atomic E-state index is 12.2. The molecule has 1 heterocycles. The molecule has 124 valence electrons. The Morgan fingerprint density at radius 1 is 1.43 bits per heavy atom. The molecule has 0 radical (unpaired) electrons. The third-order valence-electron chi connectivity index (χ3n) is 3.82. The van der Waals surface area contributed by atoms with Crippen LogP contribution in [0.1, 0.15) is 31.1 Å². The van der Waals surface area contributed by atoms with Crippen LogP contribution in [0.5, 0.6) is 0 Å². The summed E-state index contributed by atoms with van der Waals surface area (Å²) in [5.74, 6) is -0.310. The number of aromatic nitrogens is 2. The number of fused-ring (bicyclic) bond motifs is 1.